The molecule has 0 spiro atoms. The van der Waals surface area contributed by atoms with Crippen molar-refractivity contribution < 1.29 is 4.79 Å². The van der Waals surface area contributed by atoms with E-state index in [0.717, 1.165) is 5.69 Å². The first-order valence-corrected chi connectivity index (χ1v) is 4.92. The fourth-order valence-corrected chi connectivity index (χ4v) is 1.29. The van der Waals surface area contributed by atoms with Gasteiger partial charge in [0.15, 0.2) is 0 Å². The van der Waals surface area contributed by atoms with Crippen LogP contribution in [-0.4, -0.2) is 15.9 Å². The lowest BCUT2D eigenvalue weighted by Crippen LogP contribution is -2.14. The Kier molecular flexibility index (Phi) is 2.91. The van der Waals surface area contributed by atoms with Crippen LogP contribution in [0.1, 0.15) is 16.2 Å². The van der Waals surface area contributed by atoms with Gasteiger partial charge in [-0.3, -0.25) is 9.78 Å². The summed E-state index contributed by atoms with van der Waals surface area (Å²) < 4.78 is 0. The van der Waals surface area contributed by atoms with Crippen LogP contribution in [0.25, 0.3) is 0 Å². The lowest BCUT2D eigenvalue weighted by Gasteiger charge is -2.03. The van der Waals surface area contributed by atoms with E-state index in [-0.39, 0.29) is 5.91 Å². The number of nitrogens with one attached hydrogen (secondary N) is 1. The lowest BCUT2D eigenvalue weighted by molar-refractivity contribution is 0.102. The van der Waals surface area contributed by atoms with Gasteiger partial charge in [-0.25, -0.2) is 4.98 Å². The number of hydrogen-bond acceptors (Lipinski definition) is 3. The Morgan fingerprint density at radius 3 is 2.75 bits per heavy atom. The van der Waals surface area contributed by atoms with Gasteiger partial charge in [0.05, 0.1) is 0 Å². The number of hydrogen-bond donors (Lipinski definition) is 1. The molecule has 2 aromatic heterocycles. The van der Waals surface area contributed by atoms with Crippen molar-refractivity contribution in [2.45, 2.75) is 6.92 Å². The van der Waals surface area contributed by atoms with Crippen LogP contribution in [0.3, 0.4) is 0 Å². The molecular weight excluding hydrogens is 202 g/mol. The first kappa shape index (κ1) is 10.3. The van der Waals surface area contributed by atoms with Crippen molar-refractivity contribution in [1.29, 1.82) is 0 Å². The molecule has 0 aromatic carbocycles. The van der Waals surface area contributed by atoms with Crippen LogP contribution in [0.4, 0.5) is 5.82 Å². The summed E-state index contributed by atoms with van der Waals surface area (Å²) >= 11 is 0. The molecule has 1 amide bonds. The van der Waals surface area contributed by atoms with Gasteiger partial charge < -0.3 is 5.32 Å². The molecule has 0 radical (unpaired) electrons. The van der Waals surface area contributed by atoms with Crippen molar-refractivity contribution in [3.8, 4) is 0 Å². The molecule has 2 heterocycles. The molecule has 2 rings (SSSR count). The van der Waals surface area contributed by atoms with Crippen molar-refractivity contribution in [2.75, 3.05) is 5.32 Å². The molecular formula is C12H11N3O. The average Bonchev–Trinajstić information content (AvgIpc) is 2.30. The van der Waals surface area contributed by atoms with Gasteiger partial charge in [0.25, 0.3) is 5.91 Å². The molecule has 4 nitrogen and oxygen atoms in total. The van der Waals surface area contributed by atoms with Crippen molar-refractivity contribution in [1.82, 2.24) is 9.97 Å². The summed E-state index contributed by atoms with van der Waals surface area (Å²) in [6.07, 6.45) is 1.58. The fraction of sp³-hybridized carbons (Fsp3) is 0.0833. The number of rotatable bonds is 2. The summed E-state index contributed by atoms with van der Waals surface area (Å²) in [4.78, 5) is 19.8. The van der Waals surface area contributed by atoms with E-state index in [4.69, 9.17) is 0 Å². The molecule has 0 saturated carbocycles. The number of aryl methyl sites for hydroxylation is 1. The third kappa shape index (κ3) is 2.42. The second-order valence-electron chi connectivity index (χ2n) is 3.33. The van der Waals surface area contributed by atoms with Gasteiger partial charge in [0, 0.05) is 11.9 Å². The molecule has 0 fully saturated rings. The van der Waals surface area contributed by atoms with Crippen molar-refractivity contribution >= 4 is 11.7 Å². The summed E-state index contributed by atoms with van der Waals surface area (Å²) in [5.74, 6) is 0.286. The van der Waals surface area contributed by atoms with Crippen molar-refractivity contribution in [2.24, 2.45) is 0 Å². The van der Waals surface area contributed by atoms with E-state index in [2.05, 4.69) is 15.3 Å². The summed E-state index contributed by atoms with van der Waals surface area (Å²) in [7, 11) is 0. The van der Waals surface area contributed by atoms with Gasteiger partial charge in [-0.2, -0.15) is 0 Å². The third-order valence-electron chi connectivity index (χ3n) is 2.03. The number of aromatic nitrogens is 2. The number of pyridine rings is 2. The fourth-order valence-electron chi connectivity index (χ4n) is 1.29. The van der Waals surface area contributed by atoms with Crippen LogP contribution in [0.5, 0.6) is 0 Å². The Morgan fingerprint density at radius 1 is 1.19 bits per heavy atom. The van der Waals surface area contributed by atoms with Gasteiger partial charge in [-0.1, -0.05) is 12.1 Å². The molecule has 0 aliphatic carbocycles. The SMILES string of the molecule is Cc1cccc(NC(=O)c2ccccn2)n1. The second-order valence-corrected chi connectivity index (χ2v) is 3.33. The Labute approximate surface area is 93.4 Å². The van der Waals surface area contributed by atoms with E-state index in [1.54, 1.807) is 30.5 Å². The van der Waals surface area contributed by atoms with Gasteiger partial charge in [0.1, 0.15) is 11.5 Å². The lowest BCUT2D eigenvalue weighted by atomic mass is 10.3. The minimum atomic E-state index is -0.251. The molecule has 0 bridgehead atoms. The van der Waals surface area contributed by atoms with E-state index in [9.17, 15) is 4.79 Å². The Hall–Kier alpha value is -2.23. The number of anilines is 1. The number of carbonyl (C=O) groups excluding carboxylic acids is 1. The quantitative estimate of drug-likeness (QED) is 0.830. The monoisotopic (exact) mass is 213 g/mol. The smallest absolute Gasteiger partial charge is 0.275 e. The number of nitrogens with zero attached hydrogens (tertiary/aromatic N) is 2. The average molecular weight is 213 g/mol. The van der Waals surface area contributed by atoms with Crippen molar-refractivity contribution in [3.63, 3.8) is 0 Å². The normalized spacial score (nSPS) is 9.81. The zero-order valence-corrected chi connectivity index (χ0v) is 8.84. The van der Waals surface area contributed by atoms with Crippen molar-refractivity contribution in [3.05, 3.63) is 54.0 Å². The minimum absolute atomic E-state index is 0.251. The highest BCUT2D eigenvalue weighted by molar-refractivity contribution is 6.02. The zero-order chi connectivity index (χ0) is 11.4. The van der Waals surface area contributed by atoms with E-state index >= 15 is 0 Å². The van der Waals surface area contributed by atoms with Crippen LogP contribution in [-0.2, 0) is 0 Å². The Bertz CT molecular complexity index is 497. The summed E-state index contributed by atoms with van der Waals surface area (Å²) in [5, 5.41) is 2.69. The third-order valence-corrected chi connectivity index (χ3v) is 2.03. The topological polar surface area (TPSA) is 54.9 Å². The summed E-state index contributed by atoms with van der Waals surface area (Å²) in [6, 6.07) is 10.7. The highest BCUT2D eigenvalue weighted by atomic mass is 16.1. The van der Waals surface area contributed by atoms with Gasteiger partial charge in [0.2, 0.25) is 0 Å². The molecule has 0 unspecified atom stereocenters. The number of carbonyl (C=O) groups is 1. The molecule has 0 aliphatic heterocycles. The van der Waals surface area contributed by atoms with Crippen LogP contribution in [0.2, 0.25) is 0 Å². The van der Waals surface area contributed by atoms with Gasteiger partial charge in [-0.05, 0) is 31.2 Å². The molecule has 4 heteroatoms. The van der Waals surface area contributed by atoms with Crippen LogP contribution < -0.4 is 5.32 Å². The standard InChI is InChI=1S/C12H11N3O/c1-9-5-4-7-11(14-9)15-12(16)10-6-2-3-8-13-10/h2-8H,1H3,(H,14,15,16). The molecule has 1 N–H and O–H groups in total. The van der Waals surface area contributed by atoms with Crippen LogP contribution in [0.15, 0.2) is 42.6 Å². The Balaban J connectivity index is 2.14. The highest BCUT2D eigenvalue weighted by Gasteiger charge is 2.06. The predicted molar refractivity (Wildman–Crippen MR) is 61.2 cm³/mol. The minimum Gasteiger partial charge on any atom is -0.305 e. The highest BCUT2D eigenvalue weighted by Crippen LogP contribution is 2.05. The second kappa shape index (κ2) is 4.53. The van der Waals surface area contributed by atoms with E-state index in [1.165, 1.54) is 0 Å². The molecule has 80 valence electrons. The maximum atomic E-state index is 11.7. The zero-order valence-electron chi connectivity index (χ0n) is 8.84. The van der Waals surface area contributed by atoms with Crippen LogP contribution >= 0.6 is 0 Å². The van der Waals surface area contributed by atoms with Crippen LogP contribution in [0, 0.1) is 6.92 Å². The molecule has 0 aliphatic rings. The first-order valence-electron chi connectivity index (χ1n) is 4.92. The van der Waals surface area contributed by atoms with Gasteiger partial charge in [-0.15, -0.1) is 0 Å². The molecule has 2 aromatic rings. The summed E-state index contributed by atoms with van der Waals surface area (Å²) in [5.41, 5.74) is 1.24. The predicted octanol–water partition coefficient (Wildman–Crippen LogP) is 2.04. The Morgan fingerprint density at radius 2 is 2.06 bits per heavy atom. The molecule has 16 heavy (non-hydrogen) atoms. The van der Waals surface area contributed by atoms with E-state index in [0.29, 0.717) is 11.5 Å². The summed E-state index contributed by atoms with van der Waals surface area (Å²) in [6.45, 7) is 1.87. The van der Waals surface area contributed by atoms with E-state index < -0.39 is 0 Å². The first-order chi connectivity index (χ1) is 7.75. The molecule has 0 atom stereocenters. The maximum absolute atomic E-state index is 11.7. The number of amides is 1. The largest absolute Gasteiger partial charge is 0.305 e. The maximum Gasteiger partial charge on any atom is 0.275 e. The molecule has 0 saturated heterocycles. The van der Waals surface area contributed by atoms with E-state index in [1.807, 2.05) is 19.1 Å². The van der Waals surface area contributed by atoms with Gasteiger partial charge >= 0.3 is 0 Å².